The highest BCUT2D eigenvalue weighted by Gasteiger charge is 2.07. The lowest BCUT2D eigenvalue weighted by Gasteiger charge is -2.20. The fraction of sp³-hybridized carbons (Fsp3) is 0.200. The average molecular weight is 256 g/mol. The number of carboxylic acids is 1. The average Bonchev–Trinajstić information content (AvgIpc) is 2.41. The Balaban J connectivity index is 2.14. The third-order valence-electron chi connectivity index (χ3n) is 3.08. The van der Waals surface area contributed by atoms with Gasteiger partial charge in [0, 0.05) is 13.6 Å². The number of hydrogen-bond donors (Lipinski definition) is 1. The van der Waals surface area contributed by atoms with Crippen LogP contribution in [0, 0.1) is 6.92 Å². The van der Waals surface area contributed by atoms with Crippen LogP contribution in [0.3, 0.4) is 0 Å². The van der Waals surface area contributed by atoms with Crippen LogP contribution in [0.5, 0.6) is 0 Å². The molecule has 2 rings (SSSR count). The molecule has 4 nitrogen and oxygen atoms in total. The predicted molar refractivity (Wildman–Crippen MR) is 74.5 cm³/mol. The van der Waals surface area contributed by atoms with Crippen LogP contribution in [-0.2, 0) is 6.54 Å². The van der Waals surface area contributed by atoms with Gasteiger partial charge in [-0.2, -0.15) is 0 Å². The first kappa shape index (κ1) is 13.1. The van der Waals surface area contributed by atoms with E-state index < -0.39 is 5.97 Å². The van der Waals surface area contributed by atoms with E-state index in [1.54, 1.807) is 12.3 Å². The molecule has 0 aliphatic carbocycles. The van der Waals surface area contributed by atoms with Crippen molar-refractivity contribution in [2.45, 2.75) is 13.5 Å². The van der Waals surface area contributed by atoms with E-state index in [9.17, 15) is 4.79 Å². The highest BCUT2D eigenvalue weighted by Crippen LogP contribution is 2.16. The number of rotatable bonds is 4. The van der Waals surface area contributed by atoms with Crippen molar-refractivity contribution < 1.29 is 9.90 Å². The molecule has 0 aliphatic rings. The Morgan fingerprint density at radius 2 is 2.00 bits per heavy atom. The van der Waals surface area contributed by atoms with Crippen LogP contribution in [-0.4, -0.2) is 23.1 Å². The predicted octanol–water partition coefficient (Wildman–Crippen LogP) is 2.72. The number of carbonyl (C=O) groups is 1. The van der Waals surface area contributed by atoms with Crippen molar-refractivity contribution in [1.29, 1.82) is 0 Å². The minimum absolute atomic E-state index is 0.0630. The second-order valence-corrected chi connectivity index (χ2v) is 4.49. The molecule has 0 atom stereocenters. The standard InChI is InChI=1S/C15H16N2O2/c1-11-5-3-4-6-12(11)10-17(2)13-7-8-14(15(18)19)16-9-13/h3-9H,10H2,1-2H3,(H,18,19). The smallest absolute Gasteiger partial charge is 0.354 e. The fourth-order valence-electron chi connectivity index (χ4n) is 1.87. The van der Waals surface area contributed by atoms with Crippen LogP contribution in [0.2, 0.25) is 0 Å². The Bertz CT molecular complexity index is 579. The molecule has 0 saturated carbocycles. The van der Waals surface area contributed by atoms with Crippen molar-refractivity contribution in [3.8, 4) is 0 Å². The molecular formula is C15H16N2O2. The van der Waals surface area contributed by atoms with Crippen LogP contribution in [0.1, 0.15) is 21.6 Å². The SMILES string of the molecule is Cc1ccccc1CN(C)c1ccc(C(=O)O)nc1. The van der Waals surface area contributed by atoms with Crippen LogP contribution in [0.15, 0.2) is 42.6 Å². The number of pyridine rings is 1. The number of aromatic carboxylic acids is 1. The van der Waals surface area contributed by atoms with Crippen molar-refractivity contribution in [2.75, 3.05) is 11.9 Å². The van der Waals surface area contributed by atoms with Crippen LogP contribution < -0.4 is 4.90 Å². The monoisotopic (exact) mass is 256 g/mol. The molecule has 0 fully saturated rings. The van der Waals surface area contributed by atoms with E-state index in [1.165, 1.54) is 17.2 Å². The van der Waals surface area contributed by atoms with Crippen LogP contribution >= 0.6 is 0 Å². The van der Waals surface area contributed by atoms with E-state index in [0.717, 1.165) is 12.2 Å². The van der Waals surface area contributed by atoms with Gasteiger partial charge in [-0.3, -0.25) is 0 Å². The number of aryl methyl sites for hydroxylation is 1. The molecule has 0 spiro atoms. The van der Waals surface area contributed by atoms with Gasteiger partial charge in [0.25, 0.3) is 0 Å². The van der Waals surface area contributed by atoms with Crippen molar-refractivity contribution in [3.63, 3.8) is 0 Å². The summed E-state index contributed by atoms with van der Waals surface area (Å²) in [6.45, 7) is 2.84. The van der Waals surface area contributed by atoms with Gasteiger partial charge in [0.2, 0.25) is 0 Å². The lowest BCUT2D eigenvalue weighted by molar-refractivity contribution is 0.0690. The quantitative estimate of drug-likeness (QED) is 0.913. The molecule has 0 radical (unpaired) electrons. The molecule has 1 heterocycles. The summed E-state index contributed by atoms with van der Waals surface area (Å²) in [5.74, 6) is -1.01. The summed E-state index contributed by atoms with van der Waals surface area (Å²) in [5.41, 5.74) is 3.44. The molecule has 0 saturated heterocycles. The first-order chi connectivity index (χ1) is 9.08. The minimum Gasteiger partial charge on any atom is -0.477 e. The molecule has 1 aromatic carbocycles. The van der Waals surface area contributed by atoms with E-state index in [0.29, 0.717) is 0 Å². The van der Waals surface area contributed by atoms with Gasteiger partial charge >= 0.3 is 5.97 Å². The number of hydrogen-bond acceptors (Lipinski definition) is 3. The first-order valence-electron chi connectivity index (χ1n) is 6.03. The first-order valence-corrected chi connectivity index (χ1v) is 6.03. The molecule has 0 bridgehead atoms. The maximum absolute atomic E-state index is 10.7. The van der Waals surface area contributed by atoms with Crippen molar-refractivity contribution in [2.24, 2.45) is 0 Å². The summed E-state index contributed by atoms with van der Waals surface area (Å²) < 4.78 is 0. The van der Waals surface area contributed by atoms with Gasteiger partial charge in [0.1, 0.15) is 5.69 Å². The van der Waals surface area contributed by atoms with Gasteiger partial charge in [0.05, 0.1) is 11.9 Å². The molecule has 1 aromatic heterocycles. The van der Waals surface area contributed by atoms with E-state index in [-0.39, 0.29) is 5.69 Å². The fourth-order valence-corrected chi connectivity index (χ4v) is 1.87. The summed E-state index contributed by atoms with van der Waals surface area (Å²) in [5, 5.41) is 8.81. The van der Waals surface area contributed by atoms with Gasteiger partial charge in [-0.1, -0.05) is 24.3 Å². The lowest BCUT2D eigenvalue weighted by atomic mass is 10.1. The van der Waals surface area contributed by atoms with Gasteiger partial charge in [-0.05, 0) is 30.2 Å². The molecular weight excluding hydrogens is 240 g/mol. The second-order valence-electron chi connectivity index (χ2n) is 4.49. The Morgan fingerprint density at radius 3 is 2.58 bits per heavy atom. The molecule has 4 heteroatoms. The van der Waals surface area contributed by atoms with Gasteiger partial charge in [0.15, 0.2) is 0 Å². The highest BCUT2D eigenvalue weighted by molar-refractivity contribution is 5.85. The number of nitrogens with zero attached hydrogens (tertiary/aromatic N) is 2. The van der Waals surface area contributed by atoms with Crippen LogP contribution in [0.25, 0.3) is 0 Å². The summed E-state index contributed by atoms with van der Waals surface area (Å²) in [6, 6.07) is 11.5. The largest absolute Gasteiger partial charge is 0.477 e. The maximum Gasteiger partial charge on any atom is 0.354 e. The van der Waals surface area contributed by atoms with Crippen molar-refractivity contribution in [3.05, 3.63) is 59.4 Å². The third-order valence-corrected chi connectivity index (χ3v) is 3.08. The normalized spacial score (nSPS) is 10.2. The number of carboxylic acid groups (broad SMARTS) is 1. The highest BCUT2D eigenvalue weighted by atomic mass is 16.4. The molecule has 2 aromatic rings. The Kier molecular flexibility index (Phi) is 3.80. The molecule has 98 valence electrons. The van der Waals surface area contributed by atoms with E-state index in [1.807, 2.05) is 24.1 Å². The Labute approximate surface area is 112 Å². The van der Waals surface area contributed by atoms with Gasteiger partial charge < -0.3 is 10.0 Å². The van der Waals surface area contributed by atoms with Crippen LogP contribution in [0.4, 0.5) is 5.69 Å². The zero-order valence-electron chi connectivity index (χ0n) is 11.0. The lowest BCUT2D eigenvalue weighted by Crippen LogP contribution is -2.17. The zero-order valence-corrected chi connectivity index (χ0v) is 11.0. The summed E-state index contributed by atoms with van der Waals surface area (Å²) >= 11 is 0. The molecule has 0 unspecified atom stereocenters. The van der Waals surface area contributed by atoms with Crippen molar-refractivity contribution in [1.82, 2.24) is 4.98 Å². The maximum atomic E-state index is 10.7. The number of anilines is 1. The minimum atomic E-state index is -1.01. The number of benzene rings is 1. The van der Waals surface area contributed by atoms with Gasteiger partial charge in [-0.25, -0.2) is 9.78 Å². The zero-order chi connectivity index (χ0) is 13.8. The van der Waals surface area contributed by atoms with Gasteiger partial charge in [-0.15, -0.1) is 0 Å². The summed E-state index contributed by atoms with van der Waals surface area (Å²) in [6.07, 6.45) is 1.59. The summed E-state index contributed by atoms with van der Waals surface area (Å²) in [4.78, 5) is 16.7. The van der Waals surface area contributed by atoms with Crippen molar-refractivity contribution >= 4 is 11.7 Å². The van der Waals surface area contributed by atoms with E-state index >= 15 is 0 Å². The molecule has 19 heavy (non-hydrogen) atoms. The molecule has 0 amide bonds. The molecule has 1 N–H and O–H groups in total. The van der Waals surface area contributed by atoms with E-state index in [4.69, 9.17) is 5.11 Å². The number of aromatic nitrogens is 1. The molecule has 0 aliphatic heterocycles. The summed E-state index contributed by atoms with van der Waals surface area (Å²) in [7, 11) is 1.96. The second kappa shape index (κ2) is 5.52. The topological polar surface area (TPSA) is 53.4 Å². The Morgan fingerprint density at radius 1 is 1.26 bits per heavy atom. The Hall–Kier alpha value is -2.36. The third kappa shape index (κ3) is 3.10. The van der Waals surface area contributed by atoms with E-state index in [2.05, 4.69) is 24.0 Å².